The first-order chi connectivity index (χ1) is 11.2. The van der Waals surface area contributed by atoms with Crippen LogP contribution in [0.2, 0.25) is 5.02 Å². The highest BCUT2D eigenvalue weighted by Crippen LogP contribution is 2.32. The maximum atomic E-state index is 12.2. The molecule has 0 saturated carbocycles. The second-order valence-electron chi connectivity index (χ2n) is 4.95. The van der Waals surface area contributed by atoms with Crippen molar-refractivity contribution in [3.05, 3.63) is 52.5 Å². The Labute approximate surface area is 139 Å². The van der Waals surface area contributed by atoms with Gasteiger partial charge in [-0.1, -0.05) is 17.7 Å². The van der Waals surface area contributed by atoms with Gasteiger partial charge in [0.1, 0.15) is 5.75 Å². The molecule has 5 nitrogen and oxygen atoms in total. The van der Waals surface area contributed by atoms with Crippen LogP contribution in [0.25, 0.3) is 0 Å². The van der Waals surface area contributed by atoms with E-state index in [4.69, 9.17) is 25.8 Å². The summed E-state index contributed by atoms with van der Waals surface area (Å²) in [5.41, 5.74) is 1.42. The Kier molecular flexibility index (Phi) is 4.57. The number of fused-ring (bicyclic) bond motifs is 1. The Hall–Kier alpha value is -2.40. The van der Waals surface area contributed by atoms with Gasteiger partial charge in [-0.15, -0.1) is 0 Å². The summed E-state index contributed by atoms with van der Waals surface area (Å²) in [6, 6.07) is 10.6. The molecule has 0 aliphatic carbocycles. The zero-order valence-corrected chi connectivity index (χ0v) is 13.4. The molecule has 6 heteroatoms. The van der Waals surface area contributed by atoms with Crippen LogP contribution in [0.1, 0.15) is 22.8 Å². The van der Waals surface area contributed by atoms with Crippen molar-refractivity contribution in [1.29, 1.82) is 0 Å². The summed E-state index contributed by atoms with van der Waals surface area (Å²) in [6.07, 6.45) is 0. The quantitative estimate of drug-likeness (QED) is 0.911. The normalized spacial score (nSPS) is 12.1. The third-order valence-electron chi connectivity index (χ3n) is 3.38. The highest BCUT2D eigenvalue weighted by atomic mass is 35.5. The van der Waals surface area contributed by atoms with Gasteiger partial charge in [-0.3, -0.25) is 4.79 Å². The van der Waals surface area contributed by atoms with E-state index in [2.05, 4.69) is 5.32 Å². The van der Waals surface area contributed by atoms with E-state index in [1.54, 1.807) is 18.2 Å². The zero-order chi connectivity index (χ0) is 16.2. The predicted octanol–water partition coefficient (Wildman–Crippen LogP) is 3.40. The van der Waals surface area contributed by atoms with Crippen molar-refractivity contribution < 1.29 is 19.0 Å². The molecule has 2 aromatic carbocycles. The van der Waals surface area contributed by atoms with E-state index in [1.807, 2.05) is 25.1 Å². The lowest BCUT2D eigenvalue weighted by atomic mass is 10.1. The lowest BCUT2D eigenvalue weighted by molar-refractivity contribution is 0.0951. The molecule has 0 radical (unpaired) electrons. The van der Waals surface area contributed by atoms with Crippen molar-refractivity contribution in [3.63, 3.8) is 0 Å². The molecule has 0 unspecified atom stereocenters. The SMILES string of the molecule is CCOc1ccc(C(=O)NCc2ccc3c(c2)OCO3)cc1Cl. The summed E-state index contributed by atoms with van der Waals surface area (Å²) in [6.45, 7) is 3.02. The van der Waals surface area contributed by atoms with Gasteiger partial charge in [0, 0.05) is 12.1 Å². The number of hydrogen-bond acceptors (Lipinski definition) is 4. The highest BCUT2D eigenvalue weighted by molar-refractivity contribution is 6.32. The van der Waals surface area contributed by atoms with Crippen LogP contribution in [0.4, 0.5) is 0 Å². The Morgan fingerprint density at radius 3 is 2.83 bits per heavy atom. The number of carbonyl (C=O) groups is 1. The molecule has 0 saturated heterocycles. The monoisotopic (exact) mass is 333 g/mol. The number of benzene rings is 2. The number of hydrogen-bond donors (Lipinski definition) is 1. The Bertz CT molecular complexity index is 733. The minimum atomic E-state index is -0.201. The van der Waals surface area contributed by atoms with E-state index in [-0.39, 0.29) is 12.7 Å². The third kappa shape index (κ3) is 3.51. The van der Waals surface area contributed by atoms with Crippen LogP contribution >= 0.6 is 11.6 Å². The van der Waals surface area contributed by atoms with E-state index in [9.17, 15) is 4.79 Å². The molecule has 0 atom stereocenters. The molecular formula is C17H16ClNO4. The number of ether oxygens (including phenoxy) is 3. The van der Waals surface area contributed by atoms with Gasteiger partial charge in [-0.05, 0) is 42.8 Å². The number of halogens is 1. The highest BCUT2D eigenvalue weighted by Gasteiger charge is 2.14. The van der Waals surface area contributed by atoms with Crippen LogP contribution in [0, 0.1) is 0 Å². The maximum Gasteiger partial charge on any atom is 0.251 e. The molecule has 0 aromatic heterocycles. The van der Waals surface area contributed by atoms with E-state index in [0.29, 0.717) is 35.2 Å². The van der Waals surface area contributed by atoms with E-state index < -0.39 is 0 Å². The smallest absolute Gasteiger partial charge is 0.251 e. The van der Waals surface area contributed by atoms with Crippen LogP contribution in [-0.4, -0.2) is 19.3 Å². The number of amides is 1. The first-order valence-corrected chi connectivity index (χ1v) is 7.64. The maximum absolute atomic E-state index is 12.2. The molecule has 2 aromatic rings. The van der Waals surface area contributed by atoms with Crippen LogP contribution in [0.5, 0.6) is 17.2 Å². The fourth-order valence-corrected chi connectivity index (χ4v) is 2.49. The average molecular weight is 334 g/mol. The van der Waals surface area contributed by atoms with Crippen molar-refractivity contribution in [2.75, 3.05) is 13.4 Å². The van der Waals surface area contributed by atoms with Crippen molar-refractivity contribution in [2.24, 2.45) is 0 Å². The fourth-order valence-electron chi connectivity index (χ4n) is 2.25. The first kappa shape index (κ1) is 15.5. The van der Waals surface area contributed by atoms with Crippen molar-refractivity contribution in [3.8, 4) is 17.2 Å². The van der Waals surface area contributed by atoms with Gasteiger partial charge in [0.25, 0.3) is 5.91 Å². The standard InChI is InChI=1S/C17H16ClNO4/c1-2-21-14-6-4-12(8-13(14)18)17(20)19-9-11-3-5-15-16(7-11)23-10-22-15/h3-8H,2,9-10H2,1H3,(H,19,20). The van der Waals surface area contributed by atoms with Crippen LogP contribution in [0.3, 0.4) is 0 Å². The molecule has 1 aliphatic rings. The fraction of sp³-hybridized carbons (Fsp3) is 0.235. The lowest BCUT2D eigenvalue weighted by Crippen LogP contribution is -2.22. The van der Waals surface area contributed by atoms with Gasteiger partial charge in [0.05, 0.1) is 11.6 Å². The molecule has 1 heterocycles. The zero-order valence-electron chi connectivity index (χ0n) is 12.6. The van der Waals surface area contributed by atoms with Gasteiger partial charge < -0.3 is 19.5 Å². The topological polar surface area (TPSA) is 56.8 Å². The molecule has 23 heavy (non-hydrogen) atoms. The molecule has 1 N–H and O–H groups in total. The van der Waals surface area contributed by atoms with Gasteiger partial charge in [-0.25, -0.2) is 0 Å². The van der Waals surface area contributed by atoms with Crippen LogP contribution < -0.4 is 19.5 Å². The van der Waals surface area contributed by atoms with Gasteiger partial charge >= 0.3 is 0 Å². The van der Waals surface area contributed by atoms with Crippen molar-refractivity contribution >= 4 is 17.5 Å². The van der Waals surface area contributed by atoms with Gasteiger partial charge in [0.2, 0.25) is 6.79 Å². The Morgan fingerprint density at radius 1 is 1.22 bits per heavy atom. The molecule has 120 valence electrons. The van der Waals surface area contributed by atoms with Crippen molar-refractivity contribution in [1.82, 2.24) is 5.32 Å². The molecular weight excluding hydrogens is 318 g/mol. The largest absolute Gasteiger partial charge is 0.492 e. The van der Waals surface area contributed by atoms with E-state index in [1.165, 1.54) is 0 Å². The summed E-state index contributed by atoms with van der Waals surface area (Å²) in [5, 5.41) is 3.27. The first-order valence-electron chi connectivity index (χ1n) is 7.26. The van der Waals surface area contributed by atoms with Crippen molar-refractivity contribution in [2.45, 2.75) is 13.5 Å². The van der Waals surface area contributed by atoms with E-state index >= 15 is 0 Å². The third-order valence-corrected chi connectivity index (χ3v) is 3.68. The molecule has 0 fully saturated rings. The number of rotatable bonds is 5. The second kappa shape index (κ2) is 6.79. The second-order valence-corrected chi connectivity index (χ2v) is 5.36. The van der Waals surface area contributed by atoms with Crippen LogP contribution in [0.15, 0.2) is 36.4 Å². The predicted molar refractivity (Wildman–Crippen MR) is 86.4 cm³/mol. The van der Waals surface area contributed by atoms with E-state index in [0.717, 1.165) is 11.3 Å². The molecule has 0 spiro atoms. The summed E-state index contributed by atoms with van der Waals surface area (Å²) < 4.78 is 15.9. The number of carbonyl (C=O) groups excluding carboxylic acids is 1. The van der Waals surface area contributed by atoms with Gasteiger partial charge in [-0.2, -0.15) is 0 Å². The minimum absolute atomic E-state index is 0.201. The summed E-state index contributed by atoms with van der Waals surface area (Å²) in [5.74, 6) is 1.79. The molecule has 0 bridgehead atoms. The summed E-state index contributed by atoms with van der Waals surface area (Å²) >= 11 is 6.10. The summed E-state index contributed by atoms with van der Waals surface area (Å²) in [7, 11) is 0. The van der Waals surface area contributed by atoms with Crippen LogP contribution in [-0.2, 0) is 6.54 Å². The Balaban J connectivity index is 1.64. The molecule has 1 aliphatic heterocycles. The molecule has 3 rings (SSSR count). The Morgan fingerprint density at radius 2 is 2.04 bits per heavy atom. The number of nitrogens with one attached hydrogen (secondary N) is 1. The molecule has 1 amide bonds. The van der Waals surface area contributed by atoms with Gasteiger partial charge in [0.15, 0.2) is 11.5 Å². The average Bonchev–Trinajstić information content (AvgIpc) is 3.02. The lowest BCUT2D eigenvalue weighted by Gasteiger charge is -2.09. The summed E-state index contributed by atoms with van der Waals surface area (Å²) in [4.78, 5) is 12.2. The minimum Gasteiger partial charge on any atom is -0.492 e.